The number of hydrogen-bond donors (Lipinski definition) is 1. The van der Waals surface area contributed by atoms with Crippen LogP contribution < -0.4 is 0 Å². The Morgan fingerprint density at radius 2 is 1.90 bits per heavy atom. The summed E-state index contributed by atoms with van der Waals surface area (Å²) in [5.41, 5.74) is 0. The molecule has 5 nitrogen and oxygen atoms in total. The molecule has 2 fully saturated rings. The van der Waals surface area contributed by atoms with E-state index >= 15 is 0 Å². The predicted octanol–water partition coefficient (Wildman–Crippen LogP) is 1.82. The highest BCUT2D eigenvalue weighted by Gasteiger charge is 2.27. The van der Waals surface area contributed by atoms with E-state index in [1.165, 1.54) is 45.3 Å². The average molecular weight is 298 g/mol. The Labute approximate surface area is 128 Å². The van der Waals surface area contributed by atoms with Gasteiger partial charge in [-0.1, -0.05) is 6.92 Å². The van der Waals surface area contributed by atoms with E-state index in [0.717, 1.165) is 25.9 Å². The van der Waals surface area contributed by atoms with Crippen LogP contribution in [0.3, 0.4) is 0 Å². The molecular weight excluding hydrogens is 268 g/mol. The van der Waals surface area contributed by atoms with E-state index in [1.807, 2.05) is 0 Å². The van der Waals surface area contributed by atoms with Crippen molar-refractivity contribution in [3.8, 4) is 0 Å². The smallest absolute Gasteiger partial charge is 0.329 e. The fourth-order valence-corrected chi connectivity index (χ4v) is 3.64. The molecule has 5 heteroatoms. The molecule has 122 valence electrons. The van der Waals surface area contributed by atoms with Crippen molar-refractivity contribution in [1.29, 1.82) is 0 Å². The van der Waals surface area contributed by atoms with Crippen molar-refractivity contribution in [2.45, 2.75) is 57.6 Å². The molecule has 1 unspecified atom stereocenters. The van der Waals surface area contributed by atoms with E-state index in [-0.39, 0.29) is 12.7 Å². The quantitative estimate of drug-likeness (QED) is 0.810. The van der Waals surface area contributed by atoms with Crippen molar-refractivity contribution in [2.75, 3.05) is 39.3 Å². The number of ether oxygens (including phenoxy) is 1. The second-order valence-electron chi connectivity index (χ2n) is 6.37. The van der Waals surface area contributed by atoms with E-state index < -0.39 is 5.97 Å². The molecule has 0 aromatic rings. The highest BCUT2D eigenvalue weighted by molar-refractivity contribution is 5.68. The molecule has 2 saturated heterocycles. The first kappa shape index (κ1) is 16.7. The Balaban J connectivity index is 1.70. The second-order valence-corrected chi connectivity index (χ2v) is 6.37. The molecule has 0 amide bonds. The molecule has 0 bridgehead atoms. The van der Waals surface area contributed by atoms with E-state index in [4.69, 9.17) is 9.84 Å². The maximum absolute atomic E-state index is 10.5. The Morgan fingerprint density at radius 1 is 1.14 bits per heavy atom. The van der Waals surface area contributed by atoms with E-state index in [1.54, 1.807) is 0 Å². The number of aliphatic carboxylic acids is 1. The Kier molecular flexibility index (Phi) is 6.93. The van der Waals surface area contributed by atoms with Crippen LogP contribution in [0.5, 0.6) is 0 Å². The molecule has 1 atom stereocenters. The third-order valence-electron chi connectivity index (χ3n) is 4.77. The number of piperidine rings is 1. The maximum Gasteiger partial charge on any atom is 0.329 e. The number of rotatable bonds is 6. The number of nitrogens with zero attached hydrogens (tertiary/aromatic N) is 2. The minimum absolute atomic E-state index is 0.139. The third kappa shape index (κ3) is 5.57. The summed E-state index contributed by atoms with van der Waals surface area (Å²) in [5.74, 6) is -0.864. The first-order valence-corrected chi connectivity index (χ1v) is 8.49. The van der Waals surface area contributed by atoms with Crippen molar-refractivity contribution >= 4 is 5.97 Å². The summed E-state index contributed by atoms with van der Waals surface area (Å²) >= 11 is 0. The van der Waals surface area contributed by atoms with Gasteiger partial charge in [0.25, 0.3) is 0 Å². The second kappa shape index (κ2) is 8.71. The van der Waals surface area contributed by atoms with Gasteiger partial charge in [0.15, 0.2) is 0 Å². The molecule has 21 heavy (non-hydrogen) atoms. The lowest BCUT2D eigenvalue weighted by Crippen LogP contribution is -2.44. The van der Waals surface area contributed by atoms with Gasteiger partial charge in [0.1, 0.15) is 6.61 Å². The Morgan fingerprint density at radius 3 is 2.57 bits per heavy atom. The van der Waals surface area contributed by atoms with E-state index in [2.05, 4.69) is 16.7 Å². The summed E-state index contributed by atoms with van der Waals surface area (Å²) < 4.78 is 5.42. The number of carboxylic acid groups (broad SMARTS) is 1. The standard InChI is InChI=1S/C16H30N2O3/c1-2-8-17-9-3-4-14(5-10-17)18-11-6-15(7-12-18)21-13-16(19)20/h14-15H,2-13H2,1H3,(H,19,20). The minimum atomic E-state index is -0.864. The van der Waals surface area contributed by atoms with Gasteiger partial charge in [-0.05, 0) is 58.2 Å². The zero-order chi connectivity index (χ0) is 15.1. The Hall–Kier alpha value is -0.650. The molecule has 0 aliphatic carbocycles. The molecule has 0 saturated carbocycles. The summed E-state index contributed by atoms with van der Waals surface area (Å²) in [4.78, 5) is 15.7. The summed E-state index contributed by atoms with van der Waals surface area (Å²) in [5, 5.41) is 8.66. The summed E-state index contributed by atoms with van der Waals surface area (Å²) in [6.45, 7) is 7.93. The van der Waals surface area contributed by atoms with E-state index in [9.17, 15) is 4.79 Å². The van der Waals surface area contributed by atoms with Crippen LogP contribution in [0.25, 0.3) is 0 Å². The maximum atomic E-state index is 10.5. The Bertz CT molecular complexity index is 317. The molecular formula is C16H30N2O3. The summed E-state index contributed by atoms with van der Waals surface area (Å²) in [6.07, 6.45) is 7.23. The molecule has 0 spiro atoms. The molecule has 2 heterocycles. The molecule has 0 aromatic heterocycles. The molecule has 0 radical (unpaired) electrons. The molecule has 0 aromatic carbocycles. The zero-order valence-corrected chi connectivity index (χ0v) is 13.3. The third-order valence-corrected chi connectivity index (χ3v) is 4.77. The van der Waals surface area contributed by atoms with Gasteiger partial charge in [-0.15, -0.1) is 0 Å². The van der Waals surface area contributed by atoms with Gasteiger partial charge in [0, 0.05) is 19.1 Å². The monoisotopic (exact) mass is 298 g/mol. The van der Waals surface area contributed by atoms with Crippen LogP contribution in [0.4, 0.5) is 0 Å². The minimum Gasteiger partial charge on any atom is -0.480 e. The molecule has 2 aliphatic rings. The number of hydrogen-bond acceptors (Lipinski definition) is 4. The lowest BCUT2D eigenvalue weighted by atomic mass is 10.0. The van der Waals surface area contributed by atoms with E-state index in [0.29, 0.717) is 6.04 Å². The van der Waals surface area contributed by atoms with Crippen LogP contribution in [0.2, 0.25) is 0 Å². The number of carbonyl (C=O) groups is 1. The lowest BCUT2D eigenvalue weighted by molar-refractivity contribution is -0.145. The van der Waals surface area contributed by atoms with Gasteiger partial charge in [-0.2, -0.15) is 0 Å². The SMILES string of the molecule is CCCN1CCCC(N2CCC(OCC(=O)O)CC2)CC1. The van der Waals surface area contributed by atoms with Crippen molar-refractivity contribution in [2.24, 2.45) is 0 Å². The fraction of sp³-hybridized carbons (Fsp3) is 0.938. The first-order chi connectivity index (χ1) is 10.2. The van der Waals surface area contributed by atoms with Gasteiger partial charge in [0.05, 0.1) is 6.10 Å². The highest BCUT2D eigenvalue weighted by atomic mass is 16.5. The van der Waals surface area contributed by atoms with Crippen LogP contribution in [0.15, 0.2) is 0 Å². The number of likely N-dealkylation sites (tertiary alicyclic amines) is 2. The van der Waals surface area contributed by atoms with Crippen molar-refractivity contribution in [3.63, 3.8) is 0 Å². The zero-order valence-electron chi connectivity index (χ0n) is 13.3. The van der Waals surface area contributed by atoms with Gasteiger partial charge in [-0.25, -0.2) is 4.79 Å². The lowest BCUT2D eigenvalue weighted by Gasteiger charge is -2.37. The highest BCUT2D eigenvalue weighted by Crippen LogP contribution is 2.22. The van der Waals surface area contributed by atoms with Crippen LogP contribution in [-0.4, -0.2) is 72.4 Å². The van der Waals surface area contributed by atoms with Crippen molar-refractivity contribution in [1.82, 2.24) is 9.80 Å². The number of carboxylic acids is 1. The van der Waals surface area contributed by atoms with Gasteiger partial charge in [-0.3, -0.25) is 0 Å². The summed E-state index contributed by atoms with van der Waals surface area (Å²) in [7, 11) is 0. The van der Waals surface area contributed by atoms with Crippen molar-refractivity contribution in [3.05, 3.63) is 0 Å². The normalized spacial score (nSPS) is 26.6. The topological polar surface area (TPSA) is 53.0 Å². The molecule has 1 N–H and O–H groups in total. The van der Waals surface area contributed by atoms with Crippen LogP contribution in [-0.2, 0) is 9.53 Å². The molecule has 2 rings (SSSR count). The van der Waals surface area contributed by atoms with Gasteiger partial charge in [0.2, 0.25) is 0 Å². The van der Waals surface area contributed by atoms with Crippen molar-refractivity contribution < 1.29 is 14.6 Å². The van der Waals surface area contributed by atoms with Crippen LogP contribution in [0.1, 0.15) is 45.4 Å². The fourth-order valence-electron chi connectivity index (χ4n) is 3.64. The summed E-state index contributed by atoms with van der Waals surface area (Å²) in [6, 6.07) is 0.715. The van der Waals surface area contributed by atoms with Gasteiger partial charge >= 0.3 is 5.97 Å². The first-order valence-electron chi connectivity index (χ1n) is 8.49. The average Bonchev–Trinajstić information content (AvgIpc) is 2.72. The molecule has 2 aliphatic heterocycles. The predicted molar refractivity (Wildman–Crippen MR) is 82.6 cm³/mol. The van der Waals surface area contributed by atoms with Crippen LogP contribution >= 0.6 is 0 Å². The van der Waals surface area contributed by atoms with Crippen LogP contribution in [0, 0.1) is 0 Å². The largest absolute Gasteiger partial charge is 0.480 e. The van der Waals surface area contributed by atoms with Gasteiger partial charge < -0.3 is 19.6 Å².